The number of hydroxylamine groups is 2. The molecular formula is C25H34ClNO2. The average molecular weight is 416 g/mol. The minimum Gasteiger partial charge on any atom is -0.336 e. The number of allylic oxidation sites excluding steroid dienone is 5. The first kappa shape index (κ1) is 24.8. The van der Waals surface area contributed by atoms with Crippen LogP contribution in [0.4, 0.5) is 0 Å². The zero-order valence-corrected chi connectivity index (χ0v) is 18.9. The monoisotopic (exact) mass is 415 g/mol. The largest absolute Gasteiger partial charge is 0.336 e. The van der Waals surface area contributed by atoms with Crippen molar-refractivity contribution in [3.8, 4) is 0 Å². The molecule has 0 atom stereocenters. The predicted molar refractivity (Wildman–Crippen MR) is 123 cm³/mol. The topological polar surface area (TPSA) is 29.5 Å². The standard InChI is InChI=1S/C19H20ClNO2.C4H8.C2H6/c1-14-4-2-3-13-21(14)23-19(22)17-7-5-15(6-8-17)16-9-11-18(20)12-10-16;1-3-4-2;1-2/h2-4,9-13,15,17H,1,5-8H2;3-4H,1-2H3;1-2H3/b;4-3-;. The van der Waals surface area contributed by atoms with Crippen molar-refractivity contribution in [3.63, 3.8) is 0 Å². The summed E-state index contributed by atoms with van der Waals surface area (Å²) in [7, 11) is 0. The van der Waals surface area contributed by atoms with Gasteiger partial charge in [0.25, 0.3) is 0 Å². The van der Waals surface area contributed by atoms with Crippen LogP contribution in [0.5, 0.6) is 0 Å². The summed E-state index contributed by atoms with van der Waals surface area (Å²) >= 11 is 5.94. The van der Waals surface area contributed by atoms with Crippen LogP contribution in [0.3, 0.4) is 0 Å². The third-order valence-electron chi connectivity index (χ3n) is 4.83. The number of hydrogen-bond donors (Lipinski definition) is 0. The van der Waals surface area contributed by atoms with Gasteiger partial charge in [-0.3, -0.25) is 0 Å². The van der Waals surface area contributed by atoms with Crippen LogP contribution >= 0.6 is 11.6 Å². The highest BCUT2D eigenvalue weighted by Gasteiger charge is 2.29. The number of hydrogen-bond acceptors (Lipinski definition) is 3. The predicted octanol–water partition coefficient (Wildman–Crippen LogP) is 7.58. The molecule has 0 unspecified atom stereocenters. The van der Waals surface area contributed by atoms with Gasteiger partial charge in [0, 0.05) is 11.2 Å². The molecule has 29 heavy (non-hydrogen) atoms. The van der Waals surface area contributed by atoms with Crippen LogP contribution in [0.1, 0.15) is 64.9 Å². The van der Waals surface area contributed by atoms with E-state index in [-0.39, 0.29) is 11.9 Å². The number of benzene rings is 1. The molecule has 2 aliphatic rings. The maximum atomic E-state index is 12.3. The minimum atomic E-state index is -0.166. The molecule has 1 aliphatic heterocycles. The Morgan fingerprint density at radius 1 is 1.07 bits per heavy atom. The molecule has 158 valence electrons. The zero-order valence-electron chi connectivity index (χ0n) is 18.1. The summed E-state index contributed by atoms with van der Waals surface area (Å²) in [5, 5.41) is 2.20. The van der Waals surface area contributed by atoms with E-state index in [4.69, 9.17) is 16.4 Å². The Bertz CT molecular complexity index is 707. The third kappa shape index (κ3) is 8.33. The van der Waals surface area contributed by atoms with E-state index >= 15 is 0 Å². The average Bonchev–Trinajstić information content (AvgIpc) is 2.77. The van der Waals surface area contributed by atoms with E-state index in [2.05, 4.69) is 18.7 Å². The van der Waals surface area contributed by atoms with Gasteiger partial charge in [0.15, 0.2) is 0 Å². The van der Waals surface area contributed by atoms with Gasteiger partial charge in [-0.1, -0.05) is 62.4 Å². The summed E-state index contributed by atoms with van der Waals surface area (Å²) in [5.74, 6) is 0.301. The molecule has 1 aromatic carbocycles. The highest BCUT2D eigenvalue weighted by molar-refractivity contribution is 6.30. The minimum absolute atomic E-state index is 0.0364. The fourth-order valence-corrected chi connectivity index (χ4v) is 3.25. The van der Waals surface area contributed by atoms with Gasteiger partial charge in [-0.15, -0.1) is 0 Å². The molecule has 0 bridgehead atoms. The summed E-state index contributed by atoms with van der Waals surface area (Å²) in [6.45, 7) is 11.9. The van der Waals surface area contributed by atoms with E-state index in [0.29, 0.717) is 11.6 Å². The molecule has 0 amide bonds. The van der Waals surface area contributed by atoms with Gasteiger partial charge < -0.3 is 4.84 Å². The van der Waals surface area contributed by atoms with Crippen molar-refractivity contribution in [2.24, 2.45) is 5.92 Å². The van der Waals surface area contributed by atoms with Crippen molar-refractivity contribution >= 4 is 17.6 Å². The van der Waals surface area contributed by atoms with Gasteiger partial charge in [0.1, 0.15) is 0 Å². The molecule has 3 rings (SSSR count). The van der Waals surface area contributed by atoms with Crippen LogP contribution in [0.2, 0.25) is 5.02 Å². The van der Waals surface area contributed by atoms with Crippen LogP contribution in [0.25, 0.3) is 0 Å². The van der Waals surface area contributed by atoms with Gasteiger partial charge in [-0.05, 0) is 75.3 Å². The molecule has 0 spiro atoms. The third-order valence-corrected chi connectivity index (χ3v) is 5.08. The zero-order chi connectivity index (χ0) is 21.6. The smallest absolute Gasteiger partial charge is 0.335 e. The van der Waals surface area contributed by atoms with Crippen molar-refractivity contribution in [2.45, 2.75) is 59.3 Å². The Labute approximate surface area is 181 Å². The number of nitrogens with zero attached hydrogens (tertiary/aromatic N) is 1. The van der Waals surface area contributed by atoms with Crippen molar-refractivity contribution in [3.05, 3.63) is 83.7 Å². The lowest BCUT2D eigenvalue weighted by Gasteiger charge is -2.29. The SMILES string of the molecule is C/C=C\C.C=C1C=CC=CN1OC(=O)C1CCC(c2ccc(Cl)cc2)CC1.CC. The first-order valence-electron chi connectivity index (χ1n) is 10.4. The van der Waals surface area contributed by atoms with Gasteiger partial charge in [-0.2, -0.15) is 5.06 Å². The highest BCUT2D eigenvalue weighted by atomic mass is 35.5. The summed E-state index contributed by atoms with van der Waals surface area (Å²) < 4.78 is 0. The first-order chi connectivity index (χ1) is 14.0. The maximum absolute atomic E-state index is 12.3. The molecule has 4 heteroatoms. The number of carbonyl (C=O) groups is 1. The molecule has 1 aromatic rings. The summed E-state index contributed by atoms with van der Waals surface area (Å²) in [6.07, 6.45) is 14.9. The van der Waals surface area contributed by atoms with Crippen LogP contribution < -0.4 is 0 Å². The number of halogens is 1. The highest BCUT2D eigenvalue weighted by Crippen LogP contribution is 2.36. The molecule has 1 saturated carbocycles. The van der Waals surface area contributed by atoms with E-state index in [1.807, 2.05) is 70.2 Å². The van der Waals surface area contributed by atoms with E-state index in [9.17, 15) is 4.79 Å². The van der Waals surface area contributed by atoms with Gasteiger partial charge in [-0.25, -0.2) is 4.79 Å². The molecule has 0 radical (unpaired) electrons. The van der Waals surface area contributed by atoms with Crippen LogP contribution in [0.15, 0.2) is 73.1 Å². The van der Waals surface area contributed by atoms with E-state index in [0.717, 1.165) is 30.7 Å². The molecule has 1 heterocycles. The number of rotatable bonds is 3. The fraction of sp³-hybridized carbons (Fsp3) is 0.400. The Kier molecular flexibility index (Phi) is 11.8. The Morgan fingerprint density at radius 3 is 2.17 bits per heavy atom. The normalized spacial score (nSPS) is 20.4. The second-order valence-electron chi connectivity index (χ2n) is 6.69. The maximum Gasteiger partial charge on any atom is 0.335 e. The molecule has 1 fully saturated rings. The van der Waals surface area contributed by atoms with Crippen LogP contribution in [-0.2, 0) is 9.63 Å². The van der Waals surface area contributed by atoms with Crippen molar-refractivity contribution in [1.29, 1.82) is 0 Å². The molecule has 3 nitrogen and oxygen atoms in total. The molecule has 1 aliphatic carbocycles. The lowest BCUT2D eigenvalue weighted by atomic mass is 9.79. The lowest BCUT2D eigenvalue weighted by Crippen LogP contribution is -2.29. The van der Waals surface area contributed by atoms with E-state index in [1.165, 1.54) is 10.6 Å². The summed E-state index contributed by atoms with van der Waals surface area (Å²) in [4.78, 5) is 17.8. The molecule has 0 aromatic heterocycles. The van der Waals surface area contributed by atoms with E-state index in [1.54, 1.807) is 6.20 Å². The summed E-state index contributed by atoms with van der Waals surface area (Å²) in [5.41, 5.74) is 1.97. The first-order valence-corrected chi connectivity index (χ1v) is 10.8. The molecule has 0 saturated heterocycles. The Balaban J connectivity index is 0.000000627. The van der Waals surface area contributed by atoms with Crippen molar-refractivity contribution < 1.29 is 9.63 Å². The molecular weight excluding hydrogens is 382 g/mol. The lowest BCUT2D eigenvalue weighted by molar-refractivity contribution is -0.177. The second kappa shape index (κ2) is 13.8. The Hall–Kier alpha value is -2.26. The van der Waals surface area contributed by atoms with Gasteiger partial charge in [0.05, 0.1) is 11.6 Å². The van der Waals surface area contributed by atoms with Crippen LogP contribution in [-0.4, -0.2) is 11.0 Å². The summed E-state index contributed by atoms with van der Waals surface area (Å²) in [6, 6.07) is 8.03. The quantitative estimate of drug-likeness (QED) is 0.476. The Morgan fingerprint density at radius 2 is 1.66 bits per heavy atom. The second-order valence-corrected chi connectivity index (χ2v) is 7.13. The van der Waals surface area contributed by atoms with Gasteiger partial charge in [0.2, 0.25) is 0 Å². The fourth-order valence-electron chi connectivity index (χ4n) is 3.12. The van der Waals surface area contributed by atoms with E-state index < -0.39 is 0 Å². The van der Waals surface area contributed by atoms with Crippen molar-refractivity contribution in [2.75, 3.05) is 0 Å². The molecule has 0 N–H and O–H groups in total. The number of carbonyl (C=O) groups excluding carboxylic acids is 1. The van der Waals surface area contributed by atoms with Crippen LogP contribution in [0, 0.1) is 5.92 Å². The van der Waals surface area contributed by atoms with Gasteiger partial charge >= 0.3 is 5.97 Å². The van der Waals surface area contributed by atoms with Crippen molar-refractivity contribution in [1.82, 2.24) is 5.06 Å².